The van der Waals surface area contributed by atoms with Gasteiger partial charge in [-0.3, -0.25) is 4.79 Å². The van der Waals surface area contributed by atoms with Gasteiger partial charge in [-0.1, -0.05) is 6.07 Å². The number of anilines is 2. The molecule has 5 nitrogen and oxygen atoms in total. The zero-order valence-corrected chi connectivity index (χ0v) is 11.4. The Morgan fingerprint density at radius 2 is 2.00 bits per heavy atom. The highest BCUT2D eigenvalue weighted by atomic mass is 19.1. The highest BCUT2D eigenvalue weighted by Gasteiger charge is 2.15. The van der Waals surface area contributed by atoms with E-state index in [0.29, 0.717) is 5.82 Å². The van der Waals surface area contributed by atoms with Crippen LogP contribution >= 0.6 is 0 Å². The van der Waals surface area contributed by atoms with E-state index < -0.39 is 5.82 Å². The summed E-state index contributed by atoms with van der Waals surface area (Å²) in [5, 5.41) is 2.67. The zero-order chi connectivity index (χ0) is 14.7. The number of halogens is 1. The minimum atomic E-state index is -0.442. The highest BCUT2D eigenvalue weighted by Crippen LogP contribution is 2.19. The van der Waals surface area contributed by atoms with Gasteiger partial charge in [0.25, 0.3) is 5.91 Å². The number of benzene rings is 1. The van der Waals surface area contributed by atoms with Gasteiger partial charge < -0.3 is 10.2 Å². The number of amides is 1. The smallest absolute Gasteiger partial charge is 0.256 e. The Kier molecular flexibility index (Phi) is 3.77. The van der Waals surface area contributed by atoms with Gasteiger partial charge in [-0.2, -0.15) is 0 Å². The molecule has 108 valence electrons. The summed E-state index contributed by atoms with van der Waals surface area (Å²) in [4.78, 5) is 22.5. The monoisotopic (exact) mass is 286 g/mol. The minimum absolute atomic E-state index is 0.260. The molecule has 21 heavy (non-hydrogen) atoms. The second-order valence-electron chi connectivity index (χ2n) is 4.92. The van der Waals surface area contributed by atoms with E-state index in [4.69, 9.17) is 0 Å². The number of nitrogens with one attached hydrogen (secondary N) is 1. The van der Waals surface area contributed by atoms with Crippen LogP contribution in [0.25, 0.3) is 0 Å². The maximum absolute atomic E-state index is 13.1. The summed E-state index contributed by atoms with van der Waals surface area (Å²) in [6.07, 6.45) is 3.72. The summed E-state index contributed by atoms with van der Waals surface area (Å²) in [7, 11) is 0. The first-order valence-electron chi connectivity index (χ1n) is 6.86. The van der Waals surface area contributed by atoms with Crippen LogP contribution in [0.1, 0.15) is 23.2 Å². The molecule has 1 aromatic carbocycles. The highest BCUT2D eigenvalue weighted by molar-refractivity contribution is 6.03. The molecule has 0 unspecified atom stereocenters. The number of hydrogen-bond acceptors (Lipinski definition) is 4. The van der Waals surface area contributed by atoms with Gasteiger partial charge in [-0.25, -0.2) is 14.4 Å². The standard InChI is InChI=1S/C15H15FN4O/c16-12-5-3-4-11(8-12)15(21)19-13-9-14(18-10-17-13)20-6-1-2-7-20/h3-5,8-10H,1-2,6-7H2,(H,17,18,19,21). The molecule has 1 fully saturated rings. The third-order valence-electron chi connectivity index (χ3n) is 3.41. The molecule has 1 N–H and O–H groups in total. The van der Waals surface area contributed by atoms with Gasteiger partial charge in [0.15, 0.2) is 0 Å². The lowest BCUT2D eigenvalue weighted by atomic mass is 10.2. The molecule has 0 spiro atoms. The van der Waals surface area contributed by atoms with E-state index in [2.05, 4.69) is 20.2 Å². The first kappa shape index (κ1) is 13.5. The molecule has 0 aliphatic carbocycles. The summed E-state index contributed by atoms with van der Waals surface area (Å²) in [5.74, 6) is 0.391. The van der Waals surface area contributed by atoms with Crippen LogP contribution in [-0.2, 0) is 0 Å². The van der Waals surface area contributed by atoms with Crippen LogP contribution in [0.4, 0.5) is 16.0 Å². The predicted octanol–water partition coefficient (Wildman–Crippen LogP) is 2.47. The van der Waals surface area contributed by atoms with Gasteiger partial charge >= 0.3 is 0 Å². The average molecular weight is 286 g/mol. The fourth-order valence-corrected chi connectivity index (χ4v) is 2.35. The normalized spacial score (nSPS) is 14.2. The maximum atomic E-state index is 13.1. The number of hydrogen-bond donors (Lipinski definition) is 1. The van der Waals surface area contributed by atoms with Crippen LogP contribution < -0.4 is 10.2 Å². The molecule has 1 amide bonds. The van der Waals surface area contributed by atoms with Crippen LogP contribution in [0.15, 0.2) is 36.7 Å². The molecule has 3 rings (SSSR count). The van der Waals surface area contributed by atoms with Gasteiger partial charge in [-0.15, -0.1) is 0 Å². The van der Waals surface area contributed by atoms with E-state index in [1.807, 2.05) is 0 Å². The Balaban J connectivity index is 1.75. The second kappa shape index (κ2) is 5.87. The average Bonchev–Trinajstić information content (AvgIpc) is 3.02. The first-order valence-corrected chi connectivity index (χ1v) is 6.86. The van der Waals surface area contributed by atoms with Crippen molar-refractivity contribution in [1.29, 1.82) is 0 Å². The third-order valence-corrected chi connectivity index (χ3v) is 3.41. The lowest BCUT2D eigenvalue weighted by molar-refractivity contribution is 0.102. The van der Waals surface area contributed by atoms with Crippen molar-refractivity contribution in [2.45, 2.75) is 12.8 Å². The third kappa shape index (κ3) is 3.16. The largest absolute Gasteiger partial charge is 0.356 e. The molecule has 0 saturated carbocycles. The molecule has 2 heterocycles. The van der Waals surface area contributed by atoms with E-state index in [0.717, 1.165) is 31.7 Å². The molecule has 1 aliphatic heterocycles. The van der Waals surface area contributed by atoms with Crippen LogP contribution in [0.3, 0.4) is 0 Å². The predicted molar refractivity (Wildman–Crippen MR) is 77.8 cm³/mol. The van der Waals surface area contributed by atoms with Crippen molar-refractivity contribution >= 4 is 17.5 Å². The number of carbonyl (C=O) groups excluding carboxylic acids is 1. The summed E-state index contributed by atoms with van der Waals surface area (Å²) in [6, 6.07) is 7.29. The summed E-state index contributed by atoms with van der Waals surface area (Å²) < 4.78 is 13.1. The van der Waals surface area contributed by atoms with Crippen LogP contribution in [0.5, 0.6) is 0 Å². The molecular formula is C15H15FN4O. The molecule has 1 aromatic heterocycles. The topological polar surface area (TPSA) is 58.1 Å². The fraction of sp³-hybridized carbons (Fsp3) is 0.267. The maximum Gasteiger partial charge on any atom is 0.256 e. The molecule has 6 heteroatoms. The lowest BCUT2D eigenvalue weighted by Gasteiger charge is -2.16. The van der Waals surface area contributed by atoms with E-state index in [9.17, 15) is 9.18 Å². The quantitative estimate of drug-likeness (QED) is 0.941. The molecule has 0 bridgehead atoms. The molecule has 1 saturated heterocycles. The lowest BCUT2D eigenvalue weighted by Crippen LogP contribution is -2.20. The van der Waals surface area contributed by atoms with Gasteiger partial charge in [0.05, 0.1) is 0 Å². The number of aromatic nitrogens is 2. The van der Waals surface area contributed by atoms with Gasteiger partial charge in [-0.05, 0) is 31.0 Å². The molecule has 2 aromatic rings. The second-order valence-corrected chi connectivity index (χ2v) is 4.92. The van der Waals surface area contributed by atoms with Crippen LogP contribution in [0.2, 0.25) is 0 Å². The van der Waals surface area contributed by atoms with Crippen molar-refractivity contribution in [3.05, 3.63) is 48.0 Å². The van der Waals surface area contributed by atoms with E-state index in [1.165, 1.54) is 24.5 Å². The van der Waals surface area contributed by atoms with Gasteiger partial charge in [0, 0.05) is 24.7 Å². The van der Waals surface area contributed by atoms with Gasteiger partial charge in [0.2, 0.25) is 0 Å². The number of rotatable bonds is 3. The van der Waals surface area contributed by atoms with Crippen molar-refractivity contribution in [1.82, 2.24) is 9.97 Å². The Hall–Kier alpha value is -2.50. The van der Waals surface area contributed by atoms with E-state index in [1.54, 1.807) is 12.1 Å². The van der Waals surface area contributed by atoms with Crippen LogP contribution in [0, 0.1) is 5.82 Å². The SMILES string of the molecule is O=C(Nc1cc(N2CCCC2)ncn1)c1cccc(F)c1. The van der Waals surface area contributed by atoms with Crippen molar-refractivity contribution in [3.8, 4) is 0 Å². The number of nitrogens with zero attached hydrogens (tertiary/aromatic N) is 3. The van der Waals surface area contributed by atoms with E-state index in [-0.39, 0.29) is 11.5 Å². The Bertz CT molecular complexity index is 656. The summed E-state index contributed by atoms with van der Waals surface area (Å²) in [5.41, 5.74) is 0.260. The Labute approximate surface area is 121 Å². The van der Waals surface area contributed by atoms with Crippen molar-refractivity contribution in [2.75, 3.05) is 23.3 Å². The first-order chi connectivity index (χ1) is 10.2. The van der Waals surface area contributed by atoms with Crippen molar-refractivity contribution in [3.63, 3.8) is 0 Å². The summed E-state index contributed by atoms with van der Waals surface area (Å²) in [6.45, 7) is 1.93. The van der Waals surface area contributed by atoms with Crippen LogP contribution in [-0.4, -0.2) is 29.0 Å². The van der Waals surface area contributed by atoms with Crippen molar-refractivity contribution < 1.29 is 9.18 Å². The molecule has 1 aliphatic rings. The van der Waals surface area contributed by atoms with E-state index >= 15 is 0 Å². The summed E-state index contributed by atoms with van der Waals surface area (Å²) >= 11 is 0. The fourth-order valence-electron chi connectivity index (χ4n) is 2.35. The Morgan fingerprint density at radius 3 is 2.76 bits per heavy atom. The van der Waals surface area contributed by atoms with Crippen molar-refractivity contribution in [2.24, 2.45) is 0 Å². The minimum Gasteiger partial charge on any atom is -0.356 e. The molecule has 0 atom stereocenters. The molecular weight excluding hydrogens is 271 g/mol. The van der Waals surface area contributed by atoms with Gasteiger partial charge in [0.1, 0.15) is 23.8 Å². The zero-order valence-electron chi connectivity index (χ0n) is 11.4. The number of carbonyl (C=O) groups is 1. The molecule has 0 radical (unpaired) electrons. The Morgan fingerprint density at radius 1 is 1.19 bits per heavy atom.